The zero-order valence-electron chi connectivity index (χ0n) is 15.3. The van der Waals surface area contributed by atoms with E-state index >= 15 is 0 Å². The molecule has 0 aliphatic carbocycles. The summed E-state index contributed by atoms with van der Waals surface area (Å²) in [4.78, 5) is 6.82. The van der Waals surface area contributed by atoms with Crippen LogP contribution in [0.4, 0.5) is 5.69 Å². The predicted molar refractivity (Wildman–Crippen MR) is 117 cm³/mol. The predicted octanol–water partition coefficient (Wildman–Crippen LogP) is 5.15. The van der Waals surface area contributed by atoms with E-state index in [1.54, 1.807) is 0 Å². The molecule has 0 bridgehead atoms. The van der Waals surface area contributed by atoms with Gasteiger partial charge in [-0.1, -0.05) is 22.0 Å². The van der Waals surface area contributed by atoms with Crippen molar-refractivity contribution in [2.75, 3.05) is 4.90 Å². The van der Waals surface area contributed by atoms with Gasteiger partial charge in [0.1, 0.15) is 6.04 Å². The molecular weight excluding hydrogens is 420 g/mol. The summed E-state index contributed by atoms with van der Waals surface area (Å²) >= 11 is 9.37. The second-order valence-electron chi connectivity index (χ2n) is 6.65. The van der Waals surface area contributed by atoms with Crippen molar-refractivity contribution < 1.29 is 0 Å². The molecule has 0 saturated carbocycles. The van der Waals surface area contributed by atoms with Crippen LogP contribution in [0.1, 0.15) is 36.0 Å². The Morgan fingerprint density at radius 3 is 2.74 bits per heavy atom. The summed E-state index contributed by atoms with van der Waals surface area (Å²) in [6, 6.07) is 16.7. The lowest BCUT2D eigenvalue weighted by molar-refractivity contribution is 0.529. The first kappa shape index (κ1) is 18.2. The van der Waals surface area contributed by atoms with Crippen molar-refractivity contribution >= 4 is 38.9 Å². The number of thiocarbonyl (C=S) groups is 1. The molecule has 1 N–H and O–H groups in total. The number of anilines is 1. The Morgan fingerprint density at radius 2 is 2.04 bits per heavy atom. The van der Waals surface area contributed by atoms with Crippen LogP contribution < -0.4 is 10.2 Å². The van der Waals surface area contributed by atoms with E-state index < -0.39 is 0 Å². The zero-order valence-corrected chi connectivity index (χ0v) is 17.7. The van der Waals surface area contributed by atoms with Crippen LogP contribution in [0.2, 0.25) is 0 Å². The van der Waals surface area contributed by atoms with Crippen molar-refractivity contribution in [2.24, 2.45) is 0 Å². The number of rotatable bonds is 4. The fourth-order valence-electron chi connectivity index (χ4n) is 3.70. The minimum Gasteiger partial charge on any atom is -0.351 e. The Balaban J connectivity index is 1.85. The first-order chi connectivity index (χ1) is 13.1. The van der Waals surface area contributed by atoms with Crippen LogP contribution in [0.25, 0.3) is 0 Å². The van der Waals surface area contributed by atoms with Gasteiger partial charge in [-0.15, -0.1) is 0 Å². The average molecular weight is 441 g/mol. The molecule has 1 aromatic carbocycles. The normalized spacial score (nSPS) is 19.4. The number of benzene rings is 1. The highest BCUT2D eigenvalue weighted by atomic mass is 79.9. The van der Waals surface area contributed by atoms with Gasteiger partial charge in [0.05, 0.1) is 11.7 Å². The Morgan fingerprint density at radius 1 is 1.19 bits per heavy atom. The average Bonchev–Trinajstić information content (AvgIpc) is 3.28. The smallest absolute Gasteiger partial charge is 0.174 e. The van der Waals surface area contributed by atoms with Gasteiger partial charge in [0.25, 0.3) is 0 Å². The van der Waals surface area contributed by atoms with Crippen LogP contribution in [0.5, 0.6) is 0 Å². The largest absolute Gasteiger partial charge is 0.351 e. The summed E-state index contributed by atoms with van der Waals surface area (Å²) < 4.78 is 3.37. The number of halogens is 1. The summed E-state index contributed by atoms with van der Waals surface area (Å²) in [7, 11) is 0. The summed E-state index contributed by atoms with van der Waals surface area (Å²) in [6.07, 6.45) is 3.96. The summed E-state index contributed by atoms with van der Waals surface area (Å²) in [5, 5.41) is 4.24. The second-order valence-corrected chi connectivity index (χ2v) is 7.89. The fourth-order valence-corrected chi connectivity index (χ4v) is 4.29. The first-order valence-electron chi connectivity index (χ1n) is 9.02. The Labute approximate surface area is 173 Å². The molecule has 0 unspecified atom stereocenters. The van der Waals surface area contributed by atoms with E-state index in [9.17, 15) is 0 Å². The molecular formula is C21H21BrN4S. The standard InChI is InChI=1S/C21H21BrN4S/c1-3-25-12-6-8-18(25)20-19(17-7-4-5-11-23-17)24-21(27)26(20)15-9-10-16(22)14(2)13-15/h4-13,19-20H,3H2,1-2H3,(H,24,27)/t19-,20-/m0/s1. The number of aryl methyl sites for hydroxylation is 2. The molecule has 27 heavy (non-hydrogen) atoms. The highest BCUT2D eigenvalue weighted by molar-refractivity contribution is 9.10. The fraction of sp³-hybridized carbons (Fsp3) is 0.238. The summed E-state index contributed by atoms with van der Waals surface area (Å²) in [5.74, 6) is 0. The van der Waals surface area contributed by atoms with E-state index in [2.05, 4.69) is 92.1 Å². The third-order valence-electron chi connectivity index (χ3n) is 5.03. The molecule has 1 fully saturated rings. The molecule has 1 aliphatic rings. The molecule has 0 spiro atoms. The summed E-state index contributed by atoms with van der Waals surface area (Å²) in [5.41, 5.74) is 4.48. The first-order valence-corrected chi connectivity index (χ1v) is 10.2. The van der Waals surface area contributed by atoms with Crippen molar-refractivity contribution in [1.82, 2.24) is 14.9 Å². The molecule has 4 rings (SSSR count). The number of hydrogen-bond donors (Lipinski definition) is 1. The molecule has 0 radical (unpaired) electrons. The topological polar surface area (TPSA) is 33.1 Å². The number of hydrogen-bond acceptors (Lipinski definition) is 2. The highest BCUT2D eigenvalue weighted by Gasteiger charge is 2.41. The lowest BCUT2D eigenvalue weighted by Crippen LogP contribution is -2.30. The third kappa shape index (κ3) is 3.28. The van der Waals surface area contributed by atoms with Gasteiger partial charge < -0.3 is 14.8 Å². The van der Waals surface area contributed by atoms with Gasteiger partial charge in [-0.25, -0.2) is 0 Å². The number of nitrogens with one attached hydrogen (secondary N) is 1. The van der Waals surface area contributed by atoms with Gasteiger partial charge in [-0.05, 0) is 74.1 Å². The van der Waals surface area contributed by atoms with Crippen LogP contribution in [0.15, 0.2) is 65.4 Å². The maximum atomic E-state index is 5.77. The van der Waals surface area contributed by atoms with Crippen LogP contribution in [-0.4, -0.2) is 14.7 Å². The molecule has 1 aliphatic heterocycles. The van der Waals surface area contributed by atoms with Crippen molar-refractivity contribution in [3.63, 3.8) is 0 Å². The van der Waals surface area contributed by atoms with Crippen LogP contribution in [0, 0.1) is 6.92 Å². The molecule has 2 atom stereocenters. The second kappa shape index (κ2) is 7.44. The van der Waals surface area contributed by atoms with Gasteiger partial charge >= 0.3 is 0 Å². The van der Waals surface area contributed by atoms with Crippen LogP contribution in [0.3, 0.4) is 0 Å². The van der Waals surface area contributed by atoms with Gasteiger partial charge in [0, 0.05) is 34.8 Å². The van der Waals surface area contributed by atoms with Crippen LogP contribution >= 0.6 is 28.1 Å². The molecule has 0 amide bonds. The van der Waals surface area contributed by atoms with Crippen molar-refractivity contribution in [3.8, 4) is 0 Å². The maximum Gasteiger partial charge on any atom is 0.174 e. The number of nitrogens with zero attached hydrogens (tertiary/aromatic N) is 3. The monoisotopic (exact) mass is 440 g/mol. The number of pyridine rings is 1. The Kier molecular flexibility index (Phi) is 5.02. The van der Waals surface area contributed by atoms with E-state index in [0.717, 1.165) is 27.5 Å². The molecule has 3 aromatic rings. The zero-order chi connectivity index (χ0) is 19.0. The van der Waals surface area contributed by atoms with E-state index in [1.165, 1.54) is 11.3 Å². The number of aromatic nitrogens is 2. The quantitative estimate of drug-likeness (QED) is 0.568. The highest BCUT2D eigenvalue weighted by Crippen LogP contribution is 2.42. The molecule has 3 heterocycles. The van der Waals surface area contributed by atoms with Crippen molar-refractivity contribution in [2.45, 2.75) is 32.5 Å². The van der Waals surface area contributed by atoms with E-state index in [1.807, 2.05) is 18.3 Å². The van der Waals surface area contributed by atoms with E-state index in [0.29, 0.717) is 0 Å². The van der Waals surface area contributed by atoms with Gasteiger partial charge in [0.2, 0.25) is 0 Å². The van der Waals surface area contributed by atoms with E-state index in [-0.39, 0.29) is 12.1 Å². The molecule has 138 valence electrons. The SMILES string of the molecule is CCn1cccc1[C@H]1[C@H](c2ccccn2)NC(=S)N1c1ccc(Br)c(C)c1. The Hall–Kier alpha value is -2.18. The molecule has 2 aromatic heterocycles. The maximum absolute atomic E-state index is 5.77. The van der Waals surface area contributed by atoms with Gasteiger partial charge in [0.15, 0.2) is 5.11 Å². The van der Waals surface area contributed by atoms with Gasteiger partial charge in [-0.3, -0.25) is 4.98 Å². The minimum absolute atomic E-state index is 0.0112. The molecule has 4 nitrogen and oxygen atoms in total. The Bertz CT molecular complexity index is 969. The van der Waals surface area contributed by atoms with Gasteiger partial charge in [-0.2, -0.15) is 0 Å². The van der Waals surface area contributed by atoms with E-state index in [4.69, 9.17) is 12.2 Å². The van der Waals surface area contributed by atoms with Crippen molar-refractivity contribution in [1.29, 1.82) is 0 Å². The third-order valence-corrected chi connectivity index (χ3v) is 6.23. The minimum atomic E-state index is -0.0112. The van der Waals surface area contributed by atoms with Crippen LogP contribution in [-0.2, 0) is 6.54 Å². The summed E-state index contributed by atoms with van der Waals surface area (Å²) in [6.45, 7) is 5.17. The lowest BCUT2D eigenvalue weighted by Gasteiger charge is -2.29. The lowest BCUT2D eigenvalue weighted by atomic mass is 10.0. The molecule has 6 heteroatoms. The molecule has 1 saturated heterocycles. The van der Waals surface area contributed by atoms with Crippen molar-refractivity contribution in [3.05, 3.63) is 82.3 Å².